The molecule has 0 atom stereocenters. The predicted molar refractivity (Wildman–Crippen MR) is 83.3 cm³/mol. The van der Waals surface area contributed by atoms with Crippen LogP contribution in [-0.2, 0) is 27.2 Å². The van der Waals surface area contributed by atoms with Gasteiger partial charge in [-0.15, -0.1) is 0 Å². The molecule has 0 aromatic heterocycles. The van der Waals surface area contributed by atoms with Crippen LogP contribution in [0.25, 0.3) is 0 Å². The molecule has 0 unspecified atom stereocenters. The predicted octanol–water partition coefficient (Wildman–Crippen LogP) is 1.09. The number of rotatable bonds is 5. The molecule has 1 saturated heterocycles. The minimum absolute atomic E-state index is 0.116. The fourth-order valence-electron chi connectivity index (χ4n) is 2.43. The van der Waals surface area contributed by atoms with Gasteiger partial charge < -0.3 is 5.32 Å². The fourth-order valence-corrected chi connectivity index (χ4v) is 3.71. The maximum atomic E-state index is 12.6. The summed E-state index contributed by atoms with van der Waals surface area (Å²) in [5, 5.41) is 2.65. The van der Waals surface area contributed by atoms with Gasteiger partial charge in [-0.1, -0.05) is 18.2 Å². The highest BCUT2D eigenvalue weighted by atomic mass is 32.2. The minimum Gasteiger partial charge on any atom is -0.355 e. The Hall–Kier alpha value is -1.61. The first-order valence-corrected chi connectivity index (χ1v) is 9.33. The number of nitrogens with zero attached hydrogens (tertiary/aromatic N) is 1. The zero-order valence-electron chi connectivity index (χ0n) is 13.0. The van der Waals surface area contributed by atoms with Gasteiger partial charge in [0.25, 0.3) is 0 Å². The number of halogens is 3. The molecule has 2 rings (SSSR count). The van der Waals surface area contributed by atoms with Crippen molar-refractivity contribution in [2.24, 2.45) is 0 Å². The molecule has 24 heavy (non-hydrogen) atoms. The van der Waals surface area contributed by atoms with Gasteiger partial charge in [0.15, 0.2) is 9.84 Å². The molecule has 1 amide bonds. The van der Waals surface area contributed by atoms with E-state index in [4.69, 9.17) is 0 Å². The molecule has 1 aromatic rings. The van der Waals surface area contributed by atoms with Gasteiger partial charge >= 0.3 is 6.18 Å². The van der Waals surface area contributed by atoms with E-state index in [2.05, 4.69) is 5.32 Å². The van der Waals surface area contributed by atoms with E-state index in [1.807, 2.05) is 4.90 Å². The van der Waals surface area contributed by atoms with Crippen molar-refractivity contribution in [3.63, 3.8) is 0 Å². The topological polar surface area (TPSA) is 66.5 Å². The first-order valence-electron chi connectivity index (χ1n) is 7.51. The van der Waals surface area contributed by atoms with Crippen LogP contribution in [0.4, 0.5) is 13.2 Å². The average molecular weight is 364 g/mol. The highest BCUT2D eigenvalue weighted by Gasteiger charge is 2.30. The number of carbonyl (C=O) groups is 1. The Morgan fingerprint density at radius 2 is 1.88 bits per heavy atom. The molecule has 0 radical (unpaired) electrons. The molecule has 0 spiro atoms. The second-order valence-corrected chi connectivity index (χ2v) is 8.02. The van der Waals surface area contributed by atoms with Crippen molar-refractivity contribution in [1.29, 1.82) is 0 Å². The third kappa shape index (κ3) is 5.79. The van der Waals surface area contributed by atoms with Crippen LogP contribution in [0.1, 0.15) is 11.1 Å². The Kier molecular flexibility index (Phi) is 5.87. The Morgan fingerprint density at radius 1 is 1.21 bits per heavy atom. The lowest BCUT2D eigenvalue weighted by Gasteiger charge is -2.26. The summed E-state index contributed by atoms with van der Waals surface area (Å²) in [6.07, 6.45) is -4.56. The molecule has 1 heterocycles. The number of alkyl halides is 3. The van der Waals surface area contributed by atoms with Crippen LogP contribution in [0.5, 0.6) is 0 Å². The van der Waals surface area contributed by atoms with E-state index in [1.165, 1.54) is 12.1 Å². The maximum Gasteiger partial charge on any atom is 0.416 e. The summed E-state index contributed by atoms with van der Waals surface area (Å²) in [4.78, 5) is 13.7. The van der Waals surface area contributed by atoms with Gasteiger partial charge in [-0.2, -0.15) is 13.2 Å². The van der Waals surface area contributed by atoms with Gasteiger partial charge in [0.05, 0.1) is 23.5 Å². The molecule has 9 heteroatoms. The Balaban J connectivity index is 1.76. The van der Waals surface area contributed by atoms with Crippen molar-refractivity contribution in [2.45, 2.75) is 12.6 Å². The molecular formula is C15H19F3N2O3S. The van der Waals surface area contributed by atoms with E-state index in [9.17, 15) is 26.4 Å². The van der Waals surface area contributed by atoms with Crippen molar-refractivity contribution in [3.8, 4) is 0 Å². The first kappa shape index (κ1) is 18.7. The van der Waals surface area contributed by atoms with E-state index in [1.54, 1.807) is 0 Å². The largest absolute Gasteiger partial charge is 0.416 e. The number of hydrogen-bond acceptors (Lipinski definition) is 4. The van der Waals surface area contributed by atoms with E-state index < -0.39 is 21.6 Å². The van der Waals surface area contributed by atoms with Gasteiger partial charge in [-0.05, 0) is 11.6 Å². The monoisotopic (exact) mass is 364 g/mol. The van der Waals surface area contributed by atoms with Gasteiger partial charge in [0.2, 0.25) is 5.91 Å². The van der Waals surface area contributed by atoms with Crippen LogP contribution in [0.15, 0.2) is 24.3 Å². The molecule has 0 bridgehead atoms. The molecule has 134 valence electrons. The van der Waals surface area contributed by atoms with Gasteiger partial charge in [-0.3, -0.25) is 9.69 Å². The summed E-state index contributed by atoms with van der Waals surface area (Å²) < 4.78 is 60.5. The Labute approximate surface area is 138 Å². The van der Waals surface area contributed by atoms with Crippen LogP contribution < -0.4 is 5.32 Å². The van der Waals surface area contributed by atoms with Crippen LogP contribution >= 0.6 is 0 Å². The molecular weight excluding hydrogens is 345 g/mol. The van der Waals surface area contributed by atoms with Crippen LogP contribution in [0.2, 0.25) is 0 Å². The zero-order chi connectivity index (χ0) is 17.8. The van der Waals surface area contributed by atoms with E-state index in [0.29, 0.717) is 31.7 Å². The van der Waals surface area contributed by atoms with Crippen LogP contribution in [0.3, 0.4) is 0 Å². The molecule has 0 aliphatic carbocycles. The summed E-state index contributed by atoms with van der Waals surface area (Å²) >= 11 is 0. The maximum absolute atomic E-state index is 12.6. The van der Waals surface area contributed by atoms with Crippen molar-refractivity contribution in [3.05, 3.63) is 35.4 Å². The van der Waals surface area contributed by atoms with E-state index in [-0.39, 0.29) is 23.8 Å². The lowest BCUT2D eigenvalue weighted by Crippen LogP contribution is -2.44. The summed E-state index contributed by atoms with van der Waals surface area (Å²) in [7, 11) is -2.93. The quantitative estimate of drug-likeness (QED) is 0.850. The van der Waals surface area contributed by atoms with E-state index in [0.717, 1.165) is 12.1 Å². The second-order valence-electron chi connectivity index (χ2n) is 5.72. The number of sulfone groups is 1. The molecule has 0 saturated carbocycles. The Morgan fingerprint density at radius 3 is 2.50 bits per heavy atom. The summed E-state index contributed by atoms with van der Waals surface area (Å²) in [5.41, 5.74) is -0.478. The molecule has 1 aliphatic heterocycles. The molecule has 1 N–H and O–H groups in total. The lowest BCUT2D eigenvalue weighted by molar-refractivity contribution is -0.137. The smallest absolute Gasteiger partial charge is 0.355 e. The summed E-state index contributed by atoms with van der Waals surface area (Å²) in [5.74, 6) is -0.130. The third-order valence-corrected chi connectivity index (χ3v) is 5.42. The molecule has 1 aliphatic rings. The zero-order valence-corrected chi connectivity index (χ0v) is 13.8. The fraction of sp³-hybridized carbons (Fsp3) is 0.533. The molecule has 1 aromatic carbocycles. The summed E-state index contributed by atoms with van der Waals surface area (Å²) in [6, 6.07) is 4.69. The van der Waals surface area contributed by atoms with Crippen molar-refractivity contribution < 1.29 is 26.4 Å². The average Bonchev–Trinajstić information content (AvgIpc) is 2.48. The van der Waals surface area contributed by atoms with Crippen LogP contribution in [0, 0.1) is 0 Å². The van der Waals surface area contributed by atoms with Crippen LogP contribution in [-0.4, -0.2) is 56.9 Å². The second kappa shape index (κ2) is 7.52. The van der Waals surface area contributed by atoms with Crippen molar-refractivity contribution in [2.75, 3.05) is 37.7 Å². The van der Waals surface area contributed by atoms with Gasteiger partial charge in [0, 0.05) is 26.2 Å². The molecule has 1 fully saturated rings. The van der Waals surface area contributed by atoms with Crippen molar-refractivity contribution >= 4 is 15.7 Å². The normalized spacial score (nSPS) is 18.3. The van der Waals surface area contributed by atoms with Gasteiger partial charge in [0.1, 0.15) is 0 Å². The van der Waals surface area contributed by atoms with Gasteiger partial charge in [-0.25, -0.2) is 8.42 Å². The van der Waals surface area contributed by atoms with E-state index >= 15 is 0 Å². The standard InChI is InChI=1S/C15H19F3N2O3S/c16-15(17,18)13-3-1-2-12(10-13)11-14(21)19-4-5-20-6-8-24(22,23)9-7-20/h1-3,10H,4-9,11H2,(H,19,21). The summed E-state index contributed by atoms with van der Waals surface area (Å²) in [6.45, 7) is 1.72. The number of amides is 1. The Bertz CT molecular complexity index is 675. The number of nitrogens with one attached hydrogen (secondary N) is 1. The lowest BCUT2D eigenvalue weighted by atomic mass is 10.1. The minimum atomic E-state index is -4.43. The number of benzene rings is 1. The highest BCUT2D eigenvalue weighted by molar-refractivity contribution is 7.91. The number of hydrogen-bond donors (Lipinski definition) is 1. The molecule has 5 nitrogen and oxygen atoms in total. The SMILES string of the molecule is O=C(Cc1cccc(C(F)(F)F)c1)NCCN1CCS(=O)(=O)CC1. The van der Waals surface area contributed by atoms with Crippen molar-refractivity contribution in [1.82, 2.24) is 10.2 Å². The first-order chi connectivity index (χ1) is 11.2. The third-order valence-electron chi connectivity index (χ3n) is 3.81. The highest BCUT2D eigenvalue weighted by Crippen LogP contribution is 2.29. The number of carbonyl (C=O) groups excluding carboxylic acids is 1.